The van der Waals surface area contributed by atoms with Crippen LogP contribution in [0.2, 0.25) is 0 Å². The molecule has 0 amide bonds. The predicted molar refractivity (Wildman–Crippen MR) is 218 cm³/mol. The van der Waals surface area contributed by atoms with Crippen LogP contribution in [-0.4, -0.2) is 23.1 Å². The highest BCUT2D eigenvalue weighted by atomic mass is 16.5. The SMILES string of the molecule is CC/C=C\C/C=C\C/C=C\C/C=C\C/C=C\CCCCCCCC(=O)OC(CCCCCCCCCCCCCCCCCC)CCC(=O)O. The van der Waals surface area contributed by atoms with Crippen LogP contribution in [0.25, 0.3) is 0 Å². The Hall–Kier alpha value is -2.36. The Balaban J connectivity index is 3.78. The number of carbonyl (C=O) groups is 2. The van der Waals surface area contributed by atoms with Gasteiger partial charge in [-0.3, -0.25) is 9.59 Å². The molecule has 1 unspecified atom stereocenters. The van der Waals surface area contributed by atoms with Gasteiger partial charge in [0, 0.05) is 12.8 Å². The first kappa shape index (κ1) is 47.6. The van der Waals surface area contributed by atoms with Gasteiger partial charge in [0.1, 0.15) is 6.10 Å². The number of carbonyl (C=O) groups excluding carboxylic acids is 1. The second kappa shape index (κ2) is 41.1. The molecule has 0 bridgehead atoms. The minimum absolute atomic E-state index is 0.0642. The summed E-state index contributed by atoms with van der Waals surface area (Å²) in [7, 11) is 0. The molecular weight excluding hydrogens is 617 g/mol. The second-order valence-electron chi connectivity index (χ2n) is 14.2. The summed E-state index contributed by atoms with van der Waals surface area (Å²) in [6, 6.07) is 0. The highest BCUT2D eigenvalue weighted by Gasteiger charge is 2.16. The molecule has 1 atom stereocenters. The number of carboxylic acids is 1. The largest absolute Gasteiger partial charge is 0.481 e. The first-order valence-corrected chi connectivity index (χ1v) is 21.3. The number of allylic oxidation sites excluding steroid dienone is 10. The van der Waals surface area contributed by atoms with E-state index >= 15 is 0 Å². The van der Waals surface area contributed by atoms with Gasteiger partial charge in [-0.25, -0.2) is 0 Å². The van der Waals surface area contributed by atoms with Crippen molar-refractivity contribution in [2.24, 2.45) is 0 Å². The molecule has 0 fully saturated rings. The molecule has 0 heterocycles. The van der Waals surface area contributed by atoms with Gasteiger partial charge in [0.25, 0.3) is 0 Å². The minimum Gasteiger partial charge on any atom is -0.481 e. The molecule has 288 valence electrons. The van der Waals surface area contributed by atoms with Crippen molar-refractivity contribution in [3.63, 3.8) is 0 Å². The number of esters is 1. The normalized spacial score (nSPS) is 12.8. The van der Waals surface area contributed by atoms with Gasteiger partial charge in [-0.1, -0.05) is 190 Å². The van der Waals surface area contributed by atoms with Gasteiger partial charge < -0.3 is 9.84 Å². The fraction of sp³-hybridized carbons (Fsp3) is 0.739. The van der Waals surface area contributed by atoms with Crippen LogP contribution in [0.3, 0.4) is 0 Å². The van der Waals surface area contributed by atoms with Crippen LogP contribution in [0.15, 0.2) is 60.8 Å². The number of carboxylic acid groups (broad SMARTS) is 1. The van der Waals surface area contributed by atoms with Crippen LogP contribution in [0.5, 0.6) is 0 Å². The monoisotopic (exact) mass is 697 g/mol. The van der Waals surface area contributed by atoms with Crippen molar-refractivity contribution in [3.8, 4) is 0 Å². The third kappa shape index (κ3) is 40.1. The summed E-state index contributed by atoms with van der Waals surface area (Å²) in [6.45, 7) is 4.44. The van der Waals surface area contributed by atoms with Crippen molar-refractivity contribution in [1.29, 1.82) is 0 Å². The summed E-state index contributed by atoms with van der Waals surface area (Å²) in [5, 5.41) is 9.14. The van der Waals surface area contributed by atoms with E-state index in [2.05, 4.69) is 74.6 Å². The molecule has 0 spiro atoms. The van der Waals surface area contributed by atoms with E-state index in [9.17, 15) is 9.59 Å². The van der Waals surface area contributed by atoms with Crippen molar-refractivity contribution in [1.82, 2.24) is 0 Å². The molecule has 0 aromatic heterocycles. The van der Waals surface area contributed by atoms with Gasteiger partial charge in [-0.2, -0.15) is 0 Å². The van der Waals surface area contributed by atoms with Crippen molar-refractivity contribution in [2.75, 3.05) is 0 Å². The molecular formula is C46H80O4. The lowest BCUT2D eigenvalue weighted by Gasteiger charge is -2.17. The minimum atomic E-state index is -0.817. The van der Waals surface area contributed by atoms with E-state index in [-0.39, 0.29) is 18.5 Å². The lowest BCUT2D eigenvalue weighted by Crippen LogP contribution is -2.19. The van der Waals surface area contributed by atoms with Crippen LogP contribution in [0, 0.1) is 0 Å². The second-order valence-corrected chi connectivity index (χ2v) is 14.2. The Bertz CT molecular complexity index is 881. The molecule has 0 aliphatic carbocycles. The summed E-state index contributed by atoms with van der Waals surface area (Å²) >= 11 is 0. The molecule has 0 saturated carbocycles. The lowest BCUT2D eigenvalue weighted by molar-refractivity contribution is -0.151. The number of aliphatic carboxylic acids is 1. The van der Waals surface area contributed by atoms with Crippen molar-refractivity contribution >= 4 is 11.9 Å². The molecule has 0 rings (SSSR count). The van der Waals surface area contributed by atoms with E-state index in [1.165, 1.54) is 103 Å². The van der Waals surface area contributed by atoms with Gasteiger partial charge in [0.15, 0.2) is 0 Å². The molecule has 0 aliphatic rings. The highest BCUT2D eigenvalue weighted by molar-refractivity contribution is 5.69. The van der Waals surface area contributed by atoms with Crippen LogP contribution in [0.4, 0.5) is 0 Å². The van der Waals surface area contributed by atoms with Crippen molar-refractivity contribution in [2.45, 2.75) is 219 Å². The Labute approximate surface area is 310 Å². The summed E-state index contributed by atoms with van der Waals surface area (Å²) in [6.07, 6.45) is 56.7. The van der Waals surface area contributed by atoms with Crippen LogP contribution < -0.4 is 0 Å². The molecule has 4 heteroatoms. The Kier molecular flexibility index (Phi) is 39.1. The van der Waals surface area contributed by atoms with Gasteiger partial charge in [0.05, 0.1) is 0 Å². The fourth-order valence-electron chi connectivity index (χ4n) is 6.14. The first-order chi connectivity index (χ1) is 24.6. The third-order valence-electron chi connectivity index (χ3n) is 9.27. The zero-order valence-corrected chi connectivity index (χ0v) is 32.9. The zero-order chi connectivity index (χ0) is 36.4. The molecule has 0 aliphatic heterocycles. The van der Waals surface area contributed by atoms with Gasteiger partial charge in [0.2, 0.25) is 0 Å². The molecule has 0 aromatic carbocycles. The maximum absolute atomic E-state index is 12.5. The summed E-state index contributed by atoms with van der Waals surface area (Å²) < 4.78 is 5.74. The van der Waals surface area contributed by atoms with E-state index in [0.29, 0.717) is 12.8 Å². The fourth-order valence-corrected chi connectivity index (χ4v) is 6.14. The third-order valence-corrected chi connectivity index (χ3v) is 9.27. The average Bonchev–Trinajstić information content (AvgIpc) is 3.10. The Morgan fingerprint density at radius 1 is 0.460 bits per heavy atom. The predicted octanol–water partition coefficient (Wildman–Crippen LogP) is 14.9. The molecule has 0 saturated heterocycles. The number of rotatable bonds is 38. The zero-order valence-electron chi connectivity index (χ0n) is 32.9. The average molecular weight is 697 g/mol. The number of unbranched alkanes of at least 4 members (excludes halogenated alkanes) is 20. The molecule has 1 N–H and O–H groups in total. The van der Waals surface area contributed by atoms with E-state index < -0.39 is 5.97 Å². The number of hydrogen-bond donors (Lipinski definition) is 1. The number of hydrogen-bond acceptors (Lipinski definition) is 3. The standard InChI is InChI=1S/C46H80O4/c1-3-5-7-9-11-13-15-17-19-21-22-23-24-25-27-29-31-33-35-37-39-41-46(49)50-44(42-43-45(47)48)40-38-36-34-32-30-28-26-20-18-16-14-12-10-8-6-4-2/h5,7,11,13,17,19,22-23,25,27,44H,3-4,6,8-10,12,14-16,18,20-21,24,26,28-43H2,1-2H3,(H,47,48)/b7-5-,13-11-,19-17-,23-22-,27-25-. The van der Waals surface area contributed by atoms with E-state index in [4.69, 9.17) is 9.84 Å². The summed E-state index contributed by atoms with van der Waals surface area (Å²) in [5.41, 5.74) is 0. The van der Waals surface area contributed by atoms with Crippen LogP contribution >= 0.6 is 0 Å². The summed E-state index contributed by atoms with van der Waals surface area (Å²) in [4.78, 5) is 23.6. The molecule has 0 aromatic rings. The van der Waals surface area contributed by atoms with Gasteiger partial charge in [-0.05, 0) is 70.6 Å². The maximum Gasteiger partial charge on any atom is 0.306 e. The highest BCUT2D eigenvalue weighted by Crippen LogP contribution is 2.18. The van der Waals surface area contributed by atoms with Gasteiger partial charge in [-0.15, -0.1) is 0 Å². The van der Waals surface area contributed by atoms with Crippen molar-refractivity contribution < 1.29 is 19.4 Å². The van der Waals surface area contributed by atoms with E-state index in [0.717, 1.165) is 77.0 Å². The van der Waals surface area contributed by atoms with Gasteiger partial charge >= 0.3 is 11.9 Å². The van der Waals surface area contributed by atoms with E-state index in [1.54, 1.807) is 0 Å². The Morgan fingerprint density at radius 2 is 0.860 bits per heavy atom. The van der Waals surface area contributed by atoms with E-state index in [1.807, 2.05) is 0 Å². The molecule has 0 radical (unpaired) electrons. The quantitative estimate of drug-likeness (QED) is 0.0396. The van der Waals surface area contributed by atoms with Crippen LogP contribution in [0.1, 0.15) is 213 Å². The lowest BCUT2D eigenvalue weighted by atomic mass is 10.0. The smallest absolute Gasteiger partial charge is 0.306 e. The molecule has 4 nitrogen and oxygen atoms in total. The topological polar surface area (TPSA) is 63.6 Å². The maximum atomic E-state index is 12.5. The molecule has 50 heavy (non-hydrogen) atoms. The summed E-state index contributed by atoms with van der Waals surface area (Å²) in [5.74, 6) is -0.974. The Morgan fingerprint density at radius 3 is 1.32 bits per heavy atom. The van der Waals surface area contributed by atoms with Crippen LogP contribution in [-0.2, 0) is 14.3 Å². The van der Waals surface area contributed by atoms with Crippen molar-refractivity contribution in [3.05, 3.63) is 60.8 Å². The number of ether oxygens (including phenoxy) is 1. The first-order valence-electron chi connectivity index (χ1n) is 21.3.